The molecule has 0 aliphatic rings. The number of ether oxygens (including phenoxy) is 2. The number of hydrogen-bond acceptors (Lipinski definition) is 4. The highest BCUT2D eigenvalue weighted by Gasteiger charge is 1.89. The average molecular weight is 204 g/mol. The second kappa shape index (κ2) is 12.3. The van der Waals surface area contributed by atoms with Gasteiger partial charge in [-0.2, -0.15) is 0 Å². The third-order valence-corrected chi connectivity index (χ3v) is 1.52. The second-order valence-electron chi connectivity index (χ2n) is 2.65. The summed E-state index contributed by atoms with van der Waals surface area (Å²) in [5, 5.41) is 5.66. The number of carbonyl (C=O) groups excluding carboxylic acids is 1. The zero-order chi connectivity index (χ0) is 10.5. The van der Waals surface area contributed by atoms with E-state index in [4.69, 9.17) is 9.47 Å². The summed E-state index contributed by atoms with van der Waals surface area (Å²) in [4.78, 5) is 9.84. The van der Waals surface area contributed by atoms with Gasteiger partial charge in [0, 0.05) is 13.1 Å². The molecule has 84 valence electrons. The highest BCUT2D eigenvalue weighted by atomic mass is 16.5. The van der Waals surface area contributed by atoms with Crippen LogP contribution in [0.2, 0.25) is 0 Å². The first-order chi connectivity index (χ1) is 6.91. The topological polar surface area (TPSA) is 59.6 Å². The Kier molecular flexibility index (Phi) is 11.8. The van der Waals surface area contributed by atoms with Crippen LogP contribution in [-0.4, -0.2) is 52.5 Å². The Morgan fingerprint density at radius 1 is 1.07 bits per heavy atom. The summed E-state index contributed by atoms with van der Waals surface area (Å²) in [6.07, 6.45) is 0.663. The van der Waals surface area contributed by atoms with Gasteiger partial charge < -0.3 is 20.1 Å². The molecule has 0 bridgehead atoms. The Morgan fingerprint density at radius 3 is 2.29 bits per heavy atom. The van der Waals surface area contributed by atoms with Crippen LogP contribution in [0.15, 0.2) is 0 Å². The lowest BCUT2D eigenvalue weighted by Gasteiger charge is -2.05. The van der Waals surface area contributed by atoms with E-state index < -0.39 is 0 Å². The zero-order valence-corrected chi connectivity index (χ0v) is 8.75. The van der Waals surface area contributed by atoms with E-state index in [1.54, 1.807) is 0 Å². The molecule has 0 radical (unpaired) electrons. The van der Waals surface area contributed by atoms with Crippen molar-refractivity contribution >= 4 is 6.41 Å². The number of carbonyl (C=O) groups is 1. The van der Waals surface area contributed by atoms with Crippen molar-refractivity contribution < 1.29 is 14.3 Å². The average Bonchev–Trinajstić information content (AvgIpc) is 2.21. The first-order valence-electron chi connectivity index (χ1n) is 4.95. The van der Waals surface area contributed by atoms with E-state index in [0.717, 1.165) is 13.1 Å². The molecule has 0 heterocycles. The molecular weight excluding hydrogens is 184 g/mol. The quantitative estimate of drug-likeness (QED) is 0.348. The van der Waals surface area contributed by atoms with Crippen LogP contribution < -0.4 is 10.6 Å². The second-order valence-corrected chi connectivity index (χ2v) is 2.65. The van der Waals surface area contributed by atoms with E-state index in [0.29, 0.717) is 39.4 Å². The van der Waals surface area contributed by atoms with E-state index in [1.165, 1.54) is 0 Å². The lowest BCUT2D eigenvalue weighted by Crippen LogP contribution is -2.21. The van der Waals surface area contributed by atoms with Gasteiger partial charge in [-0.3, -0.25) is 4.79 Å². The predicted octanol–water partition coefficient (Wildman–Crippen LogP) is -0.625. The predicted molar refractivity (Wildman–Crippen MR) is 54.2 cm³/mol. The lowest BCUT2D eigenvalue weighted by molar-refractivity contribution is -0.109. The summed E-state index contributed by atoms with van der Waals surface area (Å²) in [5.41, 5.74) is 0. The van der Waals surface area contributed by atoms with Crippen LogP contribution in [-0.2, 0) is 14.3 Å². The van der Waals surface area contributed by atoms with Crippen LogP contribution in [0.4, 0.5) is 0 Å². The molecule has 2 N–H and O–H groups in total. The van der Waals surface area contributed by atoms with Crippen LogP contribution in [0, 0.1) is 0 Å². The van der Waals surface area contributed by atoms with E-state index >= 15 is 0 Å². The maximum Gasteiger partial charge on any atom is 0.207 e. The molecule has 0 spiro atoms. The minimum Gasteiger partial charge on any atom is -0.378 e. The van der Waals surface area contributed by atoms with Crippen LogP contribution in [0.3, 0.4) is 0 Å². The van der Waals surface area contributed by atoms with Gasteiger partial charge in [0.25, 0.3) is 0 Å². The number of rotatable bonds is 11. The molecule has 5 heteroatoms. The number of likely N-dealkylation sites (N-methyl/N-ethyl adjacent to an activating group) is 1. The summed E-state index contributed by atoms with van der Waals surface area (Å²) < 4.78 is 10.4. The summed E-state index contributed by atoms with van der Waals surface area (Å²) in [7, 11) is 0. The first-order valence-corrected chi connectivity index (χ1v) is 4.95. The molecule has 0 rings (SSSR count). The van der Waals surface area contributed by atoms with Crippen LogP contribution in [0.25, 0.3) is 0 Å². The Hall–Kier alpha value is -0.650. The van der Waals surface area contributed by atoms with E-state index in [2.05, 4.69) is 17.6 Å². The molecule has 0 saturated carbocycles. The van der Waals surface area contributed by atoms with Gasteiger partial charge in [0.15, 0.2) is 0 Å². The summed E-state index contributed by atoms with van der Waals surface area (Å²) in [6, 6.07) is 0. The largest absolute Gasteiger partial charge is 0.378 e. The Bertz CT molecular complexity index is 123. The van der Waals surface area contributed by atoms with Crippen LogP contribution in [0.1, 0.15) is 6.92 Å². The van der Waals surface area contributed by atoms with Gasteiger partial charge in [-0.15, -0.1) is 0 Å². The van der Waals surface area contributed by atoms with E-state index in [9.17, 15) is 4.79 Å². The van der Waals surface area contributed by atoms with Gasteiger partial charge in [0.1, 0.15) is 0 Å². The lowest BCUT2D eigenvalue weighted by atomic mass is 10.6. The van der Waals surface area contributed by atoms with Crippen molar-refractivity contribution in [3.8, 4) is 0 Å². The summed E-state index contributed by atoms with van der Waals surface area (Å²) in [5.74, 6) is 0. The third kappa shape index (κ3) is 11.4. The number of amides is 1. The van der Waals surface area contributed by atoms with Gasteiger partial charge in [0.05, 0.1) is 26.4 Å². The number of nitrogens with one attached hydrogen (secondary N) is 2. The molecule has 1 amide bonds. The van der Waals surface area contributed by atoms with Crippen LogP contribution in [0.5, 0.6) is 0 Å². The fourth-order valence-electron chi connectivity index (χ4n) is 0.833. The molecule has 0 aromatic heterocycles. The monoisotopic (exact) mass is 204 g/mol. The van der Waals surface area contributed by atoms with Crippen LogP contribution >= 0.6 is 0 Å². The SMILES string of the molecule is CCNCCOCCOCCNC=O. The molecule has 0 unspecified atom stereocenters. The molecule has 0 aliphatic heterocycles. The maximum atomic E-state index is 9.84. The minimum atomic E-state index is 0.537. The van der Waals surface area contributed by atoms with Crippen molar-refractivity contribution in [3.05, 3.63) is 0 Å². The minimum absolute atomic E-state index is 0.537. The Morgan fingerprint density at radius 2 is 1.71 bits per heavy atom. The molecule has 0 saturated heterocycles. The summed E-state index contributed by atoms with van der Waals surface area (Å²) >= 11 is 0. The molecule has 0 fully saturated rings. The fraction of sp³-hybridized carbons (Fsp3) is 0.889. The van der Waals surface area contributed by atoms with Crippen molar-refractivity contribution in [2.75, 3.05) is 46.1 Å². The zero-order valence-electron chi connectivity index (χ0n) is 8.75. The fourth-order valence-corrected chi connectivity index (χ4v) is 0.833. The maximum absolute atomic E-state index is 9.84. The summed E-state index contributed by atoms with van der Waals surface area (Å²) in [6.45, 7) is 6.89. The third-order valence-electron chi connectivity index (χ3n) is 1.52. The van der Waals surface area contributed by atoms with Crippen molar-refractivity contribution in [3.63, 3.8) is 0 Å². The molecule has 5 nitrogen and oxygen atoms in total. The highest BCUT2D eigenvalue weighted by molar-refractivity contribution is 5.45. The van der Waals surface area contributed by atoms with Gasteiger partial charge in [0.2, 0.25) is 6.41 Å². The molecule has 0 atom stereocenters. The van der Waals surface area contributed by atoms with Gasteiger partial charge >= 0.3 is 0 Å². The molecular formula is C9H20N2O3. The van der Waals surface area contributed by atoms with Crippen molar-refractivity contribution in [2.45, 2.75) is 6.92 Å². The molecule has 0 aromatic carbocycles. The highest BCUT2D eigenvalue weighted by Crippen LogP contribution is 1.77. The molecule has 0 aliphatic carbocycles. The van der Waals surface area contributed by atoms with Crippen molar-refractivity contribution in [2.24, 2.45) is 0 Å². The van der Waals surface area contributed by atoms with Crippen molar-refractivity contribution in [1.29, 1.82) is 0 Å². The van der Waals surface area contributed by atoms with Gasteiger partial charge in [-0.1, -0.05) is 6.92 Å². The molecule has 0 aromatic rings. The van der Waals surface area contributed by atoms with Gasteiger partial charge in [-0.05, 0) is 6.54 Å². The smallest absolute Gasteiger partial charge is 0.207 e. The molecule has 14 heavy (non-hydrogen) atoms. The normalized spacial score (nSPS) is 10.1. The first kappa shape index (κ1) is 13.4. The standard InChI is InChI=1S/C9H20N2O3/c1-2-10-3-5-13-7-8-14-6-4-11-9-12/h9-10H,2-8H2,1H3,(H,11,12). The number of hydrogen-bond donors (Lipinski definition) is 2. The Labute approximate surface area is 85.1 Å². The van der Waals surface area contributed by atoms with E-state index in [-0.39, 0.29) is 0 Å². The van der Waals surface area contributed by atoms with Crippen molar-refractivity contribution in [1.82, 2.24) is 10.6 Å². The van der Waals surface area contributed by atoms with Gasteiger partial charge in [-0.25, -0.2) is 0 Å². The van der Waals surface area contributed by atoms with E-state index in [1.807, 2.05) is 0 Å². The Balaban J connectivity index is 2.81.